The normalized spacial score (nSPS) is 11.5. The largest absolute Gasteiger partial charge is 0.545 e. The highest BCUT2D eigenvalue weighted by Gasteiger charge is 2.29. The molecule has 0 aliphatic heterocycles. The molecule has 1 aromatic carbocycles. The second kappa shape index (κ2) is 4.14. The molecular formula is C9H6F3O2S-. The van der Waals surface area contributed by atoms with Gasteiger partial charge >= 0.3 is 5.51 Å². The van der Waals surface area contributed by atoms with Gasteiger partial charge in [-0.05, 0) is 36.4 Å². The number of thioether (sulfide) groups is 1. The van der Waals surface area contributed by atoms with Crippen LogP contribution in [-0.2, 0) is 0 Å². The van der Waals surface area contributed by atoms with E-state index >= 15 is 0 Å². The fraction of sp³-hybridized carbons (Fsp3) is 0.222. The molecule has 1 aromatic rings. The molecule has 0 amide bonds. The van der Waals surface area contributed by atoms with Crippen molar-refractivity contribution in [3.05, 3.63) is 29.3 Å². The van der Waals surface area contributed by atoms with Gasteiger partial charge in [-0.25, -0.2) is 0 Å². The molecule has 0 spiro atoms. The lowest BCUT2D eigenvalue weighted by atomic mass is 10.1. The number of hydrogen-bond acceptors (Lipinski definition) is 3. The maximum absolute atomic E-state index is 12.0. The smallest absolute Gasteiger partial charge is 0.446 e. The Morgan fingerprint density at radius 3 is 2.40 bits per heavy atom. The fourth-order valence-electron chi connectivity index (χ4n) is 1.06. The summed E-state index contributed by atoms with van der Waals surface area (Å²) in [5.74, 6) is -1.39. The molecule has 0 aromatic heterocycles. The van der Waals surface area contributed by atoms with Gasteiger partial charge in [-0.1, -0.05) is 6.07 Å². The van der Waals surface area contributed by atoms with Crippen LogP contribution in [0.3, 0.4) is 0 Å². The zero-order valence-electron chi connectivity index (χ0n) is 7.59. The third kappa shape index (κ3) is 3.47. The molecule has 2 nitrogen and oxygen atoms in total. The van der Waals surface area contributed by atoms with E-state index in [1.165, 1.54) is 13.0 Å². The average Bonchev–Trinajstić information content (AvgIpc) is 1.99. The van der Waals surface area contributed by atoms with E-state index in [1.807, 2.05) is 0 Å². The van der Waals surface area contributed by atoms with Crippen LogP contribution in [-0.4, -0.2) is 11.5 Å². The summed E-state index contributed by atoms with van der Waals surface area (Å²) in [7, 11) is 0. The van der Waals surface area contributed by atoms with E-state index < -0.39 is 11.5 Å². The van der Waals surface area contributed by atoms with Gasteiger partial charge in [0.1, 0.15) is 0 Å². The minimum atomic E-state index is -4.37. The molecule has 0 aliphatic rings. The quantitative estimate of drug-likeness (QED) is 0.736. The van der Waals surface area contributed by atoms with Crippen LogP contribution in [0.15, 0.2) is 23.1 Å². The van der Waals surface area contributed by atoms with Crippen LogP contribution in [0.4, 0.5) is 13.2 Å². The van der Waals surface area contributed by atoms with Gasteiger partial charge in [-0.3, -0.25) is 0 Å². The molecule has 0 saturated heterocycles. The Bertz CT molecular complexity index is 387. The number of carboxylic acids is 1. The number of rotatable bonds is 2. The SMILES string of the molecule is Cc1cc(SC(F)(F)F)ccc1C(=O)[O-]. The van der Waals surface area contributed by atoms with E-state index in [-0.39, 0.29) is 27.8 Å². The summed E-state index contributed by atoms with van der Waals surface area (Å²) in [6.07, 6.45) is 0. The number of carboxylic acid groups (broad SMARTS) is 1. The number of benzene rings is 1. The van der Waals surface area contributed by atoms with Gasteiger partial charge in [0.2, 0.25) is 0 Å². The Morgan fingerprint density at radius 1 is 1.40 bits per heavy atom. The average molecular weight is 235 g/mol. The molecule has 0 bridgehead atoms. The zero-order chi connectivity index (χ0) is 11.6. The number of aryl methyl sites for hydroxylation is 1. The van der Waals surface area contributed by atoms with Crippen molar-refractivity contribution in [3.8, 4) is 0 Å². The first-order chi connectivity index (χ1) is 6.79. The number of carbonyl (C=O) groups excluding carboxylic acids is 1. The summed E-state index contributed by atoms with van der Waals surface area (Å²) in [4.78, 5) is 10.4. The fourth-order valence-corrected chi connectivity index (χ4v) is 1.70. The molecule has 15 heavy (non-hydrogen) atoms. The second-order valence-corrected chi connectivity index (χ2v) is 3.95. The molecule has 1 rings (SSSR count). The Labute approximate surface area is 88.1 Å². The molecule has 0 saturated carbocycles. The summed E-state index contributed by atoms with van der Waals surface area (Å²) in [5, 5.41) is 10.5. The maximum Gasteiger partial charge on any atom is 0.446 e. The number of hydrogen-bond donors (Lipinski definition) is 0. The van der Waals surface area contributed by atoms with Crippen LogP contribution in [0.5, 0.6) is 0 Å². The summed E-state index contributed by atoms with van der Waals surface area (Å²) < 4.78 is 35.9. The first kappa shape index (κ1) is 11.9. The summed E-state index contributed by atoms with van der Waals surface area (Å²) in [6, 6.07) is 3.39. The predicted octanol–water partition coefficient (Wildman–Crippen LogP) is 1.97. The van der Waals surface area contributed by atoms with E-state index in [1.54, 1.807) is 0 Å². The van der Waals surface area contributed by atoms with Crippen LogP contribution < -0.4 is 5.11 Å². The number of carbonyl (C=O) groups is 1. The molecule has 0 heterocycles. The topological polar surface area (TPSA) is 40.1 Å². The second-order valence-electron chi connectivity index (χ2n) is 2.81. The van der Waals surface area contributed by atoms with Crippen molar-refractivity contribution in [2.24, 2.45) is 0 Å². The van der Waals surface area contributed by atoms with E-state index in [0.29, 0.717) is 0 Å². The number of halogens is 3. The van der Waals surface area contributed by atoms with Crippen molar-refractivity contribution >= 4 is 17.7 Å². The molecule has 0 unspecified atom stereocenters. The summed E-state index contributed by atoms with van der Waals surface area (Å²) in [5.41, 5.74) is -4.21. The molecule has 0 aliphatic carbocycles. The van der Waals surface area contributed by atoms with Crippen molar-refractivity contribution in [1.29, 1.82) is 0 Å². The standard InChI is InChI=1S/C9H7F3O2S/c1-5-4-6(15-9(10,11)12)2-3-7(5)8(13)14/h2-4H,1H3,(H,13,14)/p-1. The van der Waals surface area contributed by atoms with E-state index in [9.17, 15) is 23.1 Å². The first-order valence-corrected chi connectivity index (χ1v) is 4.69. The minimum Gasteiger partial charge on any atom is -0.545 e. The molecule has 6 heteroatoms. The predicted molar refractivity (Wildman–Crippen MR) is 47.4 cm³/mol. The third-order valence-electron chi connectivity index (χ3n) is 1.65. The molecule has 0 radical (unpaired) electrons. The van der Waals surface area contributed by atoms with Crippen LogP contribution in [0.2, 0.25) is 0 Å². The summed E-state index contributed by atoms with van der Waals surface area (Å²) in [6.45, 7) is 1.42. The highest BCUT2D eigenvalue weighted by atomic mass is 32.2. The van der Waals surface area contributed by atoms with E-state index in [0.717, 1.165) is 12.1 Å². The Balaban J connectivity index is 2.97. The van der Waals surface area contributed by atoms with Gasteiger partial charge in [0.05, 0.1) is 5.97 Å². The number of alkyl halides is 3. The van der Waals surface area contributed by atoms with Crippen LogP contribution >= 0.6 is 11.8 Å². The zero-order valence-corrected chi connectivity index (χ0v) is 8.41. The molecule has 0 atom stereocenters. The number of aromatic carboxylic acids is 1. The Morgan fingerprint density at radius 2 is 2.00 bits per heavy atom. The lowest BCUT2D eigenvalue weighted by molar-refractivity contribution is -0.255. The Hall–Kier alpha value is -1.17. The third-order valence-corrected chi connectivity index (χ3v) is 2.37. The van der Waals surface area contributed by atoms with Crippen molar-refractivity contribution in [2.75, 3.05) is 0 Å². The van der Waals surface area contributed by atoms with Gasteiger partial charge in [0, 0.05) is 10.5 Å². The Kier molecular flexibility index (Phi) is 3.28. The highest BCUT2D eigenvalue weighted by Crippen LogP contribution is 2.37. The minimum absolute atomic E-state index is 0.0370. The maximum atomic E-state index is 12.0. The molecular weight excluding hydrogens is 229 g/mol. The summed E-state index contributed by atoms with van der Waals surface area (Å²) >= 11 is -0.278. The van der Waals surface area contributed by atoms with Crippen molar-refractivity contribution in [1.82, 2.24) is 0 Å². The first-order valence-electron chi connectivity index (χ1n) is 3.87. The van der Waals surface area contributed by atoms with Crippen LogP contribution in [0.25, 0.3) is 0 Å². The van der Waals surface area contributed by atoms with Gasteiger partial charge in [0.15, 0.2) is 0 Å². The van der Waals surface area contributed by atoms with Crippen LogP contribution in [0, 0.1) is 6.92 Å². The van der Waals surface area contributed by atoms with Gasteiger partial charge in [-0.15, -0.1) is 0 Å². The van der Waals surface area contributed by atoms with Crippen LogP contribution in [0.1, 0.15) is 15.9 Å². The van der Waals surface area contributed by atoms with E-state index in [4.69, 9.17) is 0 Å². The van der Waals surface area contributed by atoms with Gasteiger partial charge < -0.3 is 9.90 Å². The van der Waals surface area contributed by atoms with Crippen molar-refractivity contribution in [2.45, 2.75) is 17.3 Å². The van der Waals surface area contributed by atoms with Crippen molar-refractivity contribution < 1.29 is 23.1 Å². The van der Waals surface area contributed by atoms with E-state index in [2.05, 4.69) is 0 Å². The molecule has 0 N–H and O–H groups in total. The van der Waals surface area contributed by atoms with Gasteiger partial charge in [-0.2, -0.15) is 13.2 Å². The highest BCUT2D eigenvalue weighted by molar-refractivity contribution is 8.00. The van der Waals surface area contributed by atoms with Gasteiger partial charge in [0.25, 0.3) is 0 Å². The lowest BCUT2D eigenvalue weighted by Gasteiger charge is -2.10. The lowest BCUT2D eigenvalue weighted by Crippen LogP contribution is -2.23. The monoisotopic (exact) mass is 235 g/mol. The van der Waals surface area contributed by atoms with Crippen molar-refractivity contribution in [3.63, 3.8) is 0 Å². The molecule has 82 valence electrons. The molecule has 0 fully saturated rings.